The van der Waals surface area contributed by atoms with Gasteiger partial charge in [0.15, 0.2) is 0 Å². The first-order chi connectivity index (χ1) is 15.5. The molecule has 174 valence electrons. The van der Waals surface area contributed by atoms with E-state index in [1.54, 1.807) is 14.2 Å². The number of nitrogens with one attached hydrogen (secondary N) is 2. The predicted molar refractivity (Wildman–Crippen MR) is 131 cm³/mol. The van der Waals surface area contributed by atoms with E-state index in [2.05, 4.69) is 27.8 Å². The molecule has 1 saturated carbocycles. The summed E-state index contributed by atoms with van der Waals surface area (Å²) in [5, 5.41) is 6.02. The molecule has 1 aliphatic rings. The third kappa shape index (κ3) is 6.49. The molecule has 1 aliphatic carbocycles. The molecule has 0 aliphatic heterocycles. The number of para-hydroxylation sites is 1. The number of aromatic nitrogens is 1. The third-order valence-corrected chi connectivity index (χ3v) is 5.93. The van der Waals surface area contributed by atoms with Crippen LogP contribution in [0.15, 0.2) is 48.3 Å². The Morgan fingerprint density at radius 3 is 2.47 bits per heavy atom. The topological polar surface area (TPSA) is 89.3 Å². The van der Waals surface area contributed by atoms with Gasteiger partial charge in [0.05, 0.1) is 12.8 Å². The average Bonchev–Trinajstić information content (AvgIpc) is 2.84. The molecule has 6 heteroatoms. The van der Waals surface area contributed by atoms with Crippen molar-refractivity contribution in [3.8, 4) is 5.75 Å². The fourth-order valence-electron chi connectivity index (χ4n) is 4.22. The van der Waals surface area contributed by atoms with Gasteiger partial charge >= 0.3 is 0 Å². The zero-order chi connectivity index (χ0) is 23.5. The quantitative estimate of drug-likeness (QED) is 0.559. The molecule has 1 amide bonds. The van der Waals surface area contributed by atoms with Crippen molar-refractivity contribution in [3.05, 3.63) is 65.1 Å². The molecule has 1 aromatic carbocycles. The predicted octanol–water partition coefficient (Wildman–Crippen LogP) is 4.36. The van der Waals surface area contributed by atoms with Gasteiger partial charge in [-0.25, -0.2) is 0 Å². The zero-order valence-corrected chi connectivity index (χ0v) is 20.1. The number of amides is 1. The Hall–Kier alpha value is -3.02. The van der Waals surface area contributed by atoms with Gasteiger partial charge in [-0.05, 0) is 74.3 Å². The molecule has 0 spiro atoms. The number of likely N-dealkylation sites (N-methyl/N-ethyl adjacent to an activating group) is 1. The second kappa shape index (κ2) is 12.7. The molecule has 32 heavy (non-hydrogen) atoms. The number of methoxy groups -OCH3 is 1. The summed E-state index contributed by atoms with van der Waals surface area (Å²) in [5.74, 6) is 1.53. The normalized spacial score (nSPS) is 18.5. The average molecular weight is 439 g/mol. The lowest BCUT2D eigenvalue weighted by Crippen LogP contribution is -2.36. The van der Waals surface area contributed by atoms with Crippen molar-refractivity contribution in [2.45, 2.75) is 52.4 Å². The SMILES string of the molecule is CC.CN/C(C(=O)NCC1CCC(c2ccnc(C)c2)CC1)=C(\N)c1ccccc1OC. The maximum absolute atomic E-state index is 12.8. The van der Waals surface area contributed by atoms with E-state index in [-0.39, 0.29) is 5.91 Å². The number of nitrogens with zero attached hydrogens (tertiary/aromatic N) is 1. The molecule has 4 N–H and O–H groups in total. The highest BCUT2D eigenvalue weighted by Gasteiger charge is 2.24. The first-order valence-corrected chi connectivity index (χ1v) is 11.5. The smallest absolute Gasteiger partial charge is 0.269 e. The standard InChI is InChI=1S/C24H32N4O2.C2H6/c1-16-14-19(12-13-27-16)18-10-8-17(9-11-18)15-28-24(29)23(26-2)22(25)20-6-4-5-7-21(20)30-3;1-2/h4-7,12-14,17-18,26H,8-11,15,25H2,1-3H3,(H,28,29);1-2H3/b23-22-;. The van der Waals surface area contributed by atoms with E-state index >= 15 is 0 Å². The van der Waals surface area contributed by atoms with E-state index < -0.39 is 0 Å². The molecule has 0 bridgehead atoms. The highest BCUT2D eigenvalue weighted by molar-refractivity contribution is 6.00. The minimum atomic E-state index is -0.187. The lowest BCUT2D eigenvalue weighted by molar-refractivity contribution is -0.118. The number of hydrogen-bond acceptors (Lipinski definition) is 5. The fourth-order valence-corrected chi connectivity index (χ4v) is 4.22. The van der Waals surface area contributed by atoms with Crippen LogP contribution in [0.3, 0.4) is 0 Å². The number of carbonyl (C=O) groups is 1. The van der Waals surface area contributed by atoms with Gasteiger partial charge in [-0.1, -0.05) is 26.0 Å². The number of hydrogen-bond donors (Lipinski definition) is 3. The van der Waals surface area contributed by atoms with Crippen LogP contribution in [-0.4, -0.2) is 31.6 Å². The van der Waals surface area contributed by atoms with Gasteiger partial charge in [-0.3, -0.25) is 9.78 Å². The van der Waals surface area contributed by atoms with E-state index in [4.69, 9.17) is 10.5 Å². The Balaban J connectivity index is 0.00000176. The molecular formula is C26H38N4O2. The maximum atomic E-state index is 12.8. The van der Waals surface area contributed by atoms with Gasteiger partial charge in [0.25, 0.3) is 5.91 Å². The van der Waals surface area contributed by atoms with Crippen LogP contribution >= 0.6 is 0 Å². The molecule has 6 nitrogen and oxygen atoms in total. The Kier molecular flexibility index (Phi) is 10.1. The Labute approximate surface area is 192 Å². The van der Waals surface area contributed by atoms with Gasteiger partial charge < -0.3 is 21.1 Å². The number of benzene rings is 1. The number of nitrogens with two attached hydrogens (primary N) is 1. The monoisotopic (exact) mass is 438 g/mol. The number of aryl methyl sites for hydroxylation is 1. The van der Waals surface area contributed by atoms with Crippen LogP contribution in [0.1, 0.15) is 62.3 Å². The zero-order valence-electron chi connectivity index (χ0n) is 20.1. The number of pyridine rings is 1. The Bertz CT molecular complexity index is 902. The molecule has 0 radical (unpaired) electrons. The van der Waals surface area contributed by atoms with Gasteiger partial charge in [0.1, 0.15) is 11.4 Å². The highest BCUT2D eigenvalue weighted by atomic mass is 16.5. The van der Waals surface area contributed by atoms with E-state index in [9.17, 15) is 4.79 Å². The summed E-state index contributed by atoms with van der Waals surface area (Å²) in [6.07, 6.45) is 6.39. The lowest BCUT2D eigenvalue weighted by atomic mass is 9.79. The molecule has 2 aromatic rings. The van der Waals surface area contributed by atoms with Crippen molar-refractivity contribution in [2.75, 3.05) is 20.7 Å². The highest BCUT2D eigenvalue weighted by Crippen LogP contribution is 2.35. The summed E-state index contributed by atoms with van der Waals surface area (Å²) in [7, 11) is 3.30. The van der Waals surface area contributed by atoms with Crippen LogP contribution in [0.4, 0.5) is 0 Å². The molecular weight excluding hydrogens is 400 g/mol. The summed E-state index contributed by atoms with van der Waals surface area (Å²) < 4.78 is 5.37. The van der Waals surface area contributed by atoms with Crippen molar-refractivity contribution in [3.63, 3.8) is 0 Å². The van der Waals surface area contributed by atoms with Crippen molar-refractivity contribution in [2.24, 2.45) is 11.7 Å². The summed E-state index contributed by atoms with van der Waals surface area (Å²) in [5.41, 5.74) is 10.2. The molecule has 1 heterocycles. The number of carbonyl (C=O) groups excluding carboxylic acids is 1. The Morgan fingerprint density at radius 1 is 1.16 bits per heavy atom. The summed E-state index contributed by atoms with van der Waals surface area (Å²) in [4.78, 5) is 17.1. The second-order valence-electron chi connectivity index (χ2n) is 7.90. The number of ether oxygens (including phenoxy) is 1. The van der Waals surface area contributed by atoms with Crippen LogP contribution < -0.4 is 21.1 Å². The van der Waals surface area contributed by atoms with Crippen molar-refractivity contribution >= 4 is 11.6 Å². The first-order valence-electron chi connectivity index (χ1n) is 11.5. The molecule has 3 rings (SSSR count). The summed E-state index contributed by atoms with van der Waals surface area (Å²) in [6, 6.07) is 11.7. The summed E-state index contributed by atoms with van der Waals surface area (Å²) >= 11 is 0. The molecule has 1 fully saturated rings. The first kappa shape index (κ1) is 25.2. The van der Waals surface area contributed by atoms with Crippen LogP contribution in [-0.2, 0) is 4.79 Å². The van der Waals surface area contributed by atoms with E-state index in [1.807, 2.05) is 51.2 Å². The van der Waals surface area contributed by atoms with Crippen LogP contribution in [0.25, 0.3) is 5.70 Å². The molecule has 1 aromatic heterocycles. The van der Waals surface area contributed by atoms with Gasteiger partial charge in [0.2, 0.25) is 0 Å². The van der Waals surface area contributed by atoms with Gasteiger partial charge in [-0.15, -0.1) is 0 Å². The Morgan fingerprint density at radius 2 is 1.84 bits per heavy atom. The van der Waals surface area contributed by atoms with E-state index in [0.29, 0.717) is 41.1 Å². The second-order valence-corrected chi connectivity index (χ2v) is 7.90. The molecule has 0 saturated heterocycles. The van der Waals surface area contributed by atoms with Crippen molar-refractivity contribution < 1.29 is 9.53 Å². The van der Waals surface area contributed by atoms with Crippen LogP contribution in [0.2, 0.25) is 0 Å². The van der Waals surface area contributed by atoms with Gasteiger partial charge in [-0.2, -0.15) is 0 Å². The van der Waals surface area contributed by atoms with Crippen molar-refractivity contribution in [1.82, 2.24) is 15.6 Å². The lowest BCUT2D eigenvalue weighted by Gasteiger charge is -2.29. The summed E-state index contributed by atoms with van der Waals surface area (Å²) in [6.45, 7) is 6.69. The molecule has 0 unspecified atom stereocenters. The van der Waals surface area contributed by atoms with Gasteiger partial charge in [0, 0.05) is 31.0 Å². The van der Waals surface area contributed by atoms with Crippen LogP contribution in [0, 0.1) is 12.8 Å². The molecule has 0 atom stereocenters. The van der Waals surface area contributed by atoms with E-state index in [0.717, 1.165) is 31.4 Å². The third-order valence-electron chi connectivity index (χ3n) is 5.93. The largest absolute Gasteiger partial charge is 0.496 e. The van der Waals surface area contributed by atoms with Crippen molar-refractivity contribution in [1.29, 1.82) is 0 Å². The maximum Gasteiger partial charge on any atom is 0.269 e. The minimum absolute atomic E-state index is 0.187. The minimum Gasteiger partial charge on any atom is -0.496 e. The van der Waals surface area contributed by atoms with Crippen LogP contribution in [0.5, 0.6) is 5.75 Å². The fraction of sp³-hybridized carbons (Fsp3) is 0.462. The van der Waals surface area contributed by atoms with E-state index in [1.165, 1.54) is 5.56 Å². The number of rotatable bonds is 7.